The van der Waals surface area contributed by atoms with Gasteiger partial charge >= 0.3 is 6.03 Å². The fourth-order valence-electron chi connectivity index (χ4n) is 4.48. The topological polar surface area (TPSA) is 90.9 Å². The number of benzodiazepines with no additional fused rings is 1. The molecule has 5 rings (SSSR count). The number of nitrogens with zero attached hydrogens (tertiary/aromatic N) is 2. The number of para-hydroxylation sites is 1. The van der Waals surface area contributed by atoms with E-state index in [4.69, 9.17) is 16.6 Å². The Balaban J connectivity index is 1.54. The first-order chi connectivity index (χ1) is 18.9. The van der Waals surface area contributed by atoms with Crippen LogP contribution in [0.5, 0.6) is 0 Å². The minimum atomic E-state index is -1.29. The third-order valence-electron chi connectivity index (χ3n) is 6.35. The minimum Gasteiger partial charge on any atom is -0.308 e. The lowest BCUT2D eigenvalue weighted by molar-refractivity contribution is -0.120. The second-order valence-electron chi connectivity index (χ2n) is 9.03. The molecule has 1 unspecified atom stereocenters. The molecule has 0 aliphatic carbocycles. The lowest BCUT2D eigenvalue weighted by atomic mass is 9.99. The van der Waals surface area contributed by atoms with Crippen LogP contribution in [-0.2, 0) is 4.79 Å². The molecule has 0 saturated carbocycles. The third kappa shape index (κ3) is 5.73. The molecular weight excluding hydrogens is 512 g/mol. The lowest BCUT2D eigenvalue weighted by Gasteiger charge is -2.25. The van der Waals surface area contributed by atoms with Crippen molar-refractivity contribution in [3.8, 4) is 0 Å². The van der Waals surface area contributed by atoms with Crippen molar-refractivity contribution in [3.63, 3.8) is 0 Å². The zero-order valence-electron chi connectivity index (χ0n) is 21.1. The van der Waals surface area contributed by atoms with Crippen LogP contribution in [0.15, 0.2) is 108 Å². The van der Waals surface area contributed by atoms with Crippen LogP contribution in [0.1, 0.15) is 27.0 Å². The highest BCUT2D eigenvalue weighted by Gasteiger charge is 2.34. The molecule has 194 valence electrons. The molecule has 0 aromatic heterocycles. The third-order valence-corrected chi connectivity index (χ3v) is 6.59. The summed E-state index contributed by atoms with van der Waals surface area (Å²) in [4.78, 5) is 46.5. The Labute approximate surface area is 231 Å². The molecule has 3 amide bonds. The van der Waals surface area contributed by atoms with Crippen LogP contribution in [-0.4, -0.2) is 36.1 Å². The maximum atomic E-state index is 14.0. The number of nitrogens with one attached hydrogen (secondary N) is 2. The van der Waals surface area contributed by atoms with Gasteiger partial charge in [0.1, 0.15) is 0 Å². The number of halogens is 1. The van der Waals surface area contributed by atoms with Gasteiger partial charge in [-0.25, -0.2) is 9.79 Å². The second kappa shape index (κ2) is 11.3. The van der Waals surface area contributed by atoms with Gasteiger partial charge in [-0.2, -0.15) is 0 Å². The van der Waals surface area contributed by atoms with Crippen LogP contribution in [0, 0.1) is 6.92 Å². The first-order valence-electron chi connectivity index (χ1n) is 12.4. The smallest absolute Gasteiger partial charge is 0.308 e. The van der Waals surface area contributed by atoms with Gasteiger partial charge in [-0.05, 0) is 36.8 Å². The number of hydrogen-bond acceptors (Lipinski definition) is 4. The van der Waals surface area contributed by atoms with Gasteiger partial charge in [-0.3, -0.25) is 9.59 Å². The number of urea groups is 1. The fourth-order valence-corrected chi connectivity index (χ4v) is 4.68. The van der Waals surface area contributed by atoms with Crippen molar-refractivity contribution in [2.24, 2.45) is 4.99 Å². The minimum absolute atomic E-state index is 0.216. The van der Waals surface area contributed by atoms with Crippen LogP contribution in [0.2, 0.25) is 5.02 Å². The number of anilines is 2. The lowest BCUT2D eigenvalue weighted by Crippen LogP contribution is -2.50. The summed E-state index contributed by atoms with van der Waals surface area (Å²) in [5, 5.41) is 5.83. The summed E-state index contributed by atoms with van der Waals surface area (Å²) in [5.74, 6) is -0.752. The number of fused-ring (bicyclic) bond motifs is 1. The van der Waals surface area contributed by atoms with Gasteiger partial charge in [0, 0.05) is 27.4 Å². The summed E-state index contributed by atoms with van der Waals surface area (Å²) in [6.07, 6.45) is -1.29. The van der Waals surface area contributed by atoms with Crippen molar-refractivity contribution < 1.29 is 14.4 Å². The van der Waals surface area contributed by atoms with Crippen molar-refractivity contribution in [1.82, 2.24) is 5.32 Å². The number of hydrogen-bond donors (Lipinski definition) is 2. The Morgan fingerprint density at radius 3 is 2.38 bits per heavy atom. The number of aliphatic imine (C=N–C) groups is 1. The highest BCUT2D eigenvalue weighted by molar-refractivity contribution is 6.31. The molecule has 7 nitrogen and oxygen atoms in total. The van der Waals surface area contributed by atoms with Gasteiger partial charge in [0.2, 0.25) is 6.17 Å². The molecule has 1 atom stereocenters. The van der Waals surface area contributed by atoms with Gasteiger partial charge < -0.3 is 15.5 Å². The van der Waals surface area contributed by atoms with E-state index in [1.54, 1.807) is 48.5 Å². The van der Waals surface area contributed by atoms with E-state index in [-0.39, 0.29) is 12.3 Å². The summed E-state index contributed by atoms with van der Waals surface area (Å²) in [7, 11) is 0. The Bertz CT molecular complexity index is 1590. The number of carbonyl (C=O) groups excluding carboxylic acids is 3. The van der Waals surface area contributed by atoms with Crippen molar-refractivity contribution in [3.05, 3.63) is 130 Å². The Morgan fingerprint density at radius 1 is 0.897 bits per heavy atom. The molecule has 1 aliphatic heterocycles. The van der Waals surface area contributed by atoms with Crippen LogP contribution in [0.4, 0.5) is 16.2 Å². The van der Waals surface area contributed by atoms with E-state index < -0.39 is 18.1 Å². The van der Waals surface area contributed by atoms with Crippen molar-refractivity contribution in [1.29, 1.82) is 0 Å². The Kier molecular flexibility index (Phi) is 7.52. The number of ketones is 1. The molecule has 1 aliphatic rings. The molecule has 8 heteroatoms. The van der Waals surface area contributed by atoms with Crippen LogP contribution in [0.3, 0.4) is 0 Å². The maximum Gasteiger partial charge on any atom is 0.321 e. The van der Waals surface area contributed by atoms with Gasteiger partial charge in [-0.1, -0.05) is 90.5 Å². The van der Waals surface area contributed by atoms with E-state index >= 15 is 0 Å². The number of carbonyl (C=O) groups is 3. The molecule has 0 fully saturated rings. The summed E-state index contributed by atoms with van der Waals surface area (Å²) in [5.41, 5.74) is 4.31. The number of rotatable bonds is 6. The molecule has 4 aromatic carbocycles. The van der Waals surface area contributed by atoms with E-state index in [0.29, 0.717) is 33.2 Å². The highest BCUT2D eigenvalue weighted by atomic mass is 35.5. The molecule has 2 N–H and O–H groups in total. The van der Waals surface area contributed by atoms with Crippen LogP contribution >= 0.6 is 11.6 Å². The fraction of sp³-hybridized carbons (Fsp3) is 0.0968. The Hall–Kier alpha value is -4.75. The van der Waals surface area contributed by atoms with E-state index in [2.05, 4.69) is 10.6 Å². The van der Waals surface area contributed by atoms with Gasteiger partial charge in [-0.15, -0.1) is 0 Å². The highest BCUT2D eigenvalue weighted by Crippen LogP contribution is 2.29. The second-order valence-corrected chi connectivity index (χ2v) is 9.47. The average Bonchev–Trinajstić information content (AvgIpc) is 3.04. The van der Waals surface area contributed by atoms with E-state index in [1.165, 1.54) is 4.90 Å². The SMILES string of the molecule is Cc1ccccc1C(=O)CN1C(=O)C(NC(=O)Nc2cccc(Cl)c2)N=C(c2ccccc2)c2ccccc21. The standard InChI is InChI=1S/C31H25ClN4O3/c1-20-10-5-6-15-24(20)27(37)19-36-26-17-8-7-16-25(26)28(21-11-3-2-4-12-21)34-29(30(36)38)35-31(39)33-23-14-9-13-22(32)18-23/h2-18,29H,19H2,1H3,(H2,33,35,39). The first kappa shape index (κ1) is 25.9. The molecule has 0 radical (unpaired) electrons. The van der Waals surface area contributed by atoms with Crippen molar-refractivity contribution in [2.75, 3.05) is 16.8 Å². The molecule has 0 bridgehead atoms. The average molecular weight is 537 g/mol. The number of amides is 3. The molecule has 0 spiro atoms. The predicted molar refractivity (Wildman–Crippen MR) is 154 cm³/mol. The first-order valence-corrected chi connectivity index (χ1v) is 12.7. The molecule has 0 saturated heterocycles. The van der Waals surface area contributed by atoms with Gasteiger partial charge in [0.05, 0.1) is 17.9 Å². The zero-order chi connectivity index (χ0) is 27.4. The van der Waals surface area contributed by atoms with E-state index in [9.17, 15) is 14.4 Å². The van der Waals surface area contributed by atoms with Gasteiger partial charge in [0.15, 0.2) is 5.78 Å². The van der Waals surface area contributed by atoms with Crippen molar-refractivity contribution in [2.45, 2.75) is 13.1 Å². The monoisotopic (exact) mass is 536 g/mol. The number of benzene rings is 4. The maximum absolute atomic E-state index is 14.0. The summed E-state index contributed by atoms with van der Waals surface area (Å²) in [6, 6.07) is 30.0. The van der Waals surface area contributed by atoms with Crippen LogP contribution in [0.25, 0.3) is 0 Å². The molecule has 1 heterocycles. The molecular formula is C31H25ClN4O3. The summed E-state index contributed by atoms with van der Waals surface area (Å²) in [6.45, 7) is 1.64. The molecule has 4 aromatic rings. The number of aryl methyl sites for hydroxylation is 1. The summed E-state index contributed by atoms with van der Waals surface area (Å²) >= 11 is 6.05. The Morgan fingerprint density at radius 2 is 1.62 bits per heavy atom. The number of Topliss-reactive ketones (excluding diaryl/α,β-unsaturated/α-hetero) is 1. The van der Waals surface area contributed by atoms with Crippen molar-refractivity contribution >= 4 is 46.4 Å². The zero-order valence-corrected chi connectivity index (χ0v) is 21.9. The normalized spacial score (nSPS) is 14.6. The summed E-state index contributed by atoms with van der Waals surface area (Å²) < 4.78 is 0. The quantitative estimate of drug-likeness (QED) is 0.302. The van der Waals surface area contributed by atoms with E-state index in [1.807, 2.05) is 61.5 Å². The van der Waals surface area contributed by atoms with Crippen LogP contribution < -0.4 is 15.5 Å². The molecule has 39 heavy (non-hydrogen) atoms. The predicted octanol–water partition coefficient (Wildman–Crippen LogP) is 5.86. The van der Waals surface area contributed by atoms with Gasteiger partial charge in [0.25, 0.3) is 5.91 Å². The van der Waals surface area contributed by atoms with E-state index in [0.717, 1.165) is 11.1 Å². The largest absolute Gasteiger partial charge is 0.321 e.